The molecule has 1 saturated carbocycles. The molecule has 0 bridgehead atoms. The first-order valence-electron chi connectivity index (χ1n) is 10.4. The van der Waals surface area contributed by atoms with Crippen LogP contribution in [0.4, 0.5) is 0 Å². The van der Waals surface area contributed by atoms with Gasteiger partial charge in [0.1, 0.15) is 0 Å². The maximum atomic E-state index is 9.87. The number of hydrogen-bond donors (Lipinski definition) is 1. The van der Waals surface area contributed by atoms with Gasteiger partial charge in [0.25, 0.3) is 0 Å². The van der Waals surface area contributed by atoms with Gasteiger partial charge in [0.2, 0.25) is 0 Å². The van der Waals surface area contributed by atoms with E-state index in [2.05, 4.69) is 29.4 Å². The van der Waals surface area contributed by atoms with Gasteiger partial charge in [0.05, 0.1) is 12.3 Å². The Morgan fingerprint density at radius 3 is 2.52 bits per heavy atom. The number of aliphatic hydroxyl groups excluding tert-OH is 1. The summed E-state index contributed by atoms with van der Waals surface area (Å²) in [7, 11) is 0. The summed E-state index contributed by atoms with van der Waals surface area (Å²) in [6.45, 7) is 1.78. The van der Waals surface area contributed by atoms with E-state index in [-0.39, 0.29) is 0 Å². The maximum absolute atomic E-state index is 9.87. The highest BCUT2D eigenvalue weighted by atomic mass is 16.3. The largest absolute Gasteiger partial charge is 0.389 e. The molecule has 0 spiro atoms. The number of nitrogens with zero attached hydrogens (tertiary/aromatic N) is 3. The molecule has 1 aliphatic rings. The van der Waals surface area contributed by atoms with Gasteiger partial charge in [0.15, 0.2) is 5.65 Å². The summed E-state index contributed by atoms with van der Waals surface area (Å²) in [6.07, 6.45) is 10.7. The van der Waals surface area contributed by atoms with Crippen molar-refractivity contribution in [1.82, 2.24) is 14.6 Å². The second-order valence-electron chi connectivity index (χ2n) is 8.07. The van der Waals surface area contributed by atoms with E-state index in [1.54, 1.807) is 6.92 Å². The molecule has 0 amide bonds. The average molecular weight is 383 g/mol. The molecule has 2 heterocycles. The molecule has 4 heteroatoms. The second-order valence-corrected chi connectivity index (χ2v) is 8.07. The Hall–Kier alpha value is -2.98. The van der Waals surface area contributed by atoms with E-state index < -0.39 is 6.10 Å². The van der Waals surface area contributed by atoms with Crippen LogP contribution in [0.15, 0.2) is 67.1 Å². The van der Waals surface area contributed by atoms with Gasteiger partial charge in [-0.25, -0.2) is 9.50 Å². The van der Waals surface area contributed by atoms with Crippen LogP contribution in [0, 0.1) is 0 Å². The Bertz CT molecular complexity index is 1140. The topological polar surface area (TPSA) is 50.4 Å². The van der Waals surface area contributed by atoms with E-state index in [0.717, 1.165) is 39.4 Å². The Morgan fingerprint density at radius 2 is 1.76 bits per heavy atom. The molecule has 1 atom stereocenters. The summed E-state index contributed by atoms with van der Waals surface area (Å²) in [6, 6.07) is 16.9. The zero-order valence-corrected chi connectivity index (χ0v) is 16.6. The van der Waals surface area contributed by atoms with Gasteiger partial charge in [-0.2, -0.15) is 5.10 Å². The molecule has 4 aromatic rings. The second kappa shape index (κ2) is 7.45. The predicted molar refractivity (Wildman–Crippen MR) is 116 cm³/mol. The number of aromatic nitrogens is 3. The number of fused-ring (bicyclic) bond motifs is 1. The van der Waals surface area contributed by atoms with Gasteiger partial charge in [0, 0.05) is 23.5 Å². The van der Waals surface area contributed by atoms with Crippen LogP contribution in [0.2, 0.25) is 0 Å². The average Bonchev–Trinajstić information content (AvgIpc) is 3.44. The summed E-state index contributed by atoms with van der Waals surface area (Å²) in [5, 5.41) is 14.4. The summed E-state index contributed by atoms with van der Waals surface area (Å²) in [4.78, 5) is 4.71. The van der Waals surface area contributed by atoms with Crippen LogP contribution in [0.5, 0.6) is 0 Å². The molecule has 5 rings (SSSR count). The Labute approximate surface area is 170 Å². The summed E-state index contributed by atoms with van der Waals surface area (Å²) in [5.74, 6) is 0.732. The molecule has 0 aliphatic heterocycles. The number of aliphatic hydroxyl groups is 1. The molecule has 29 heavy (non-hydrogen) atoms. The number of hydrogen-bond acceptors (Lipinski definition) is 3. The fourth-order valence-electron chi connectivity index (χ4n) is 4.40. The Kier molecular flexibility index (Phi) is 4.64. The fraction of sp³-hybridized carbons (Fsp3) is 0.280. The van der Waals surface area contributed by atoms with Crippen molar-refractivity contribution in [2.45, 2.75) is 44.6 Å². The highest BCUT2D eigenvalue weighted by Gasteiger charge is 2.17. The van der Waals surface area contributed by atoms with Crippen molar-refractivity contribution in [2.75, 3.05) is 0 Å². The Morgan fingerprint density at radius 1 is 0.966 bits per heavy atom. The third-order valence-corrected chi connectivity index (χ3v) is 6.11. The van der Waals surface area contributed by atoms with Crippen molar-refractivity contribution in [2.24, 2.45) is 0 Å². The molecule has 4 nitrogen and oxygen atoms in total. The lowest BCUT2D eigenvalue weighted by Gasteiger charge is -2.10. The van der Waals surface area contributed by atoms with E-state index >= 15 is 0 Å². The maximum Gasteiger partial charge on any atom is 0.162 e. The monoisotopic (exact) mass is 383 g/mol. The molecule has 2 aromatic carbocycles. The highest BCUT2D eigenvalue weighted by molar-refractivity contribution is 5.78. The first kappa shape index (κ1) is 18.1. The minimum Gasteiger partial charge on any atom is -0.389 e. The molecule has 1 aliphatic carbocycles. The summed E-state index contributed by atoms with van der Waals surface area (Å²) in [5.41, 5.74) is 7.37. The molecular weight excluding hydrogens is 358 g/mol. The molecule has 0 saturated heterocycles. The van der Waals surface area contributed by atoms with Crippen molar-refractivity contribution in [3.63, 3.8) is 0 Å². The molecule has 1 N–H and O–H groups in total. The number of rotatable bonds is 4. The molecule has 146 valence electrons. The van der Waals surface area contributed by atoms with E-state index in [1.165, 1.54) is 31.2 Å². The van der Waals surface area contributed by atoms with Gasteiger partial charge in [-0.3, -0.25) is 0 Å². The molecule has 1 unspecified atom stereocenters. The molecular formula is C25H25N3O. The van der Waals surface area contributed by atoms with Crippen molar-refractivity contribution in [1.29, 1.82) is 0 Å². The SMILES string of the molecule is CC(O)c1cccc(-c2cnn3cc(-c4ccc(C5CCCC5)cc4)cnc23)c1. The van der Waals surface area contributed by atoms with Gasteiger partial charge < -0.3 is 5.11 Å². The predicted octanol–water partition coefficient (Wildman–Crippen LogP) is 5.77. The third-order valence-electron chi connectivity index (χ3n) is 6.11. The van der Waals surface area contributed by atoms with Crippen LogP contribution in [0.25, 0.3) is 27.9 Å². The van der Waals surface area contributed by atoms with E-state index in [0.29, 0.717) is 0 Å². The lowest BCUT2D eigenvalue weighted by atomic mass is 9.96. The quantitative estimate of drug-likeness (QED) is 0.486. The third kappa shape index (κ3) is 3.45. The minimum atomic E-state index is -0.497. The summed E-state index contributed by atoms with van der Waals surface area (Å²) < 4.78 is 1.84. The van der Waals surface area contributed by atoms with Gasteiger partial charge in [-0.05, 0) is 54.0 Å². The van der Waals surface area contributed by atoms with Gasteiger partial charge in [-0.1, -0.05) is 55.3 Å². The molecule has 0 radical (unpaired) electrons. The van der Waals surface area contributed by atoms with Crippen LogP contribution in [0.3, 0.4) is 0 Å². The van der Waals surface area contributed by atoms with Crippen LogP contribution in [-0.4, -0.2) is 19.7 Å². The first-order valence-corrected chi connectivity index (χ1v) is 10.4. The van der Waals surface area contributed by atoms with Crippen molar-refractivity contribution < 1.29 is 5.11 Å². The minimum absolute atomic E-state index is 0.497. The van der Waals surface area contributed by atoms with Gasteiger partial charge in [-0.15, -0.1) is 0 Å². The van der Waals surface area contributed by atoms with Crippen LogP contribution in [0.1, 0.15) is 55.8 Å². The van der Waals surface area contributed by atoms with Gasteiger partial charge >= 0.3 is 0 Å². The number of benzene rings is 2. The lowest BCUT2D eigenvalue weighted by molar-refractivity contribution is 0.199. The van der Waals surface area contributed by atoms with Crippen molar-refractivity contribution >= 4 is 5.65 Å². The summed E-state index contributed by atoms with van der Waals surface area (Å²) >= 11 is 0. The van der Waals surface area contributed by atoms with Crippen molar-refractivity contribution in [3.05, 3.63) is 78.2 Å². The van der Waals surface area contributed by atoms with E-state index in [1.807, 2.05) is 47.4 Å². The molecule has 2 aromatic heterocycles. The Balaban J connectivity index is 1.47. The molecule has 1 fully saturated rings. The first-order chi connectivity index (χ1) is 14.2. The van der Waals surface area contributed by atoms with E-state index in [9.17, 15) is 5.11 Å². The van der Waals surface area contributed by atoms with Crippen LogP contribution < -0.4 is 0 Å². The smallest absolute Gasteiger partial charge is 0.162 e. The van der Waals surface area contributed by atoms with Crippen LogP contribution >= 0.6 is 0 Å². The normalized spacial score (nSPS) is 15.8. The standard InChI is InChI=1S/C25H25N3O/c1-17(29)21-7-4-8-22(13-21)24-15-27-28-16-23(14-26-25(24)28)20-11-9-19(10-12-20)18-5-2-3-6-18/h4,7-18,29H,2-3,5-6H2,1H3. The zero-order chi connectivity index (χ0) is 19.8. The highest BCUT2D eigenvalue weighted by Crippen LogP contribution is 2.35. The lowest BCUT2D eigenvalue weighted by Crippen LogP contribution is -1.94. The van der Waals surface area contributed by atoms with Crippen LogP contribution in [-0.2, 0) is 0 Å². The fourth-order valence-corrected chi connectivity index (χ4v) is 4.40. The van der Waals surface area contributed by atoms with E-state index in [4.69, 9.17) is 4.98 Å². The zero-order valence-electron chi connectivity index (χ0n) is 16.6. The van der Waals surface area contributed by atoms with Crippen molar-refractivity contribution in [3.8, 4) is 22.3 Å².